The quantitative estimate of drug-likeness (QED) is 0.722. The zero-order valence-corrected chi connectivity index (χ0v) is 11.0. The zero-order chi connectivity index (χ0) is 13.8. The van der Waals surface area contributed by atoms with Crippen LogP contribution in [0.4, 0.5) is 0 Å². The number of hydrogen-bond acceptors (Lipinski definition) is 3. The maximum Gasteiger partial charge on any atom is 0.251 e. The van der Waals surface area contributed by atoms with Gasteiger partial charge in [0.2, 0.25) is 0 Å². The standard InChI is InChI=1S/C14H19N3O2/c1-16-13(18)10-3-2-4-11(7-10)14(19)17-8-12(15)9-5-6-9/h2-4,7,9,12H,5-6,8,15H2,1H3,(H,16,18)(H,17,19). The third-order valence-corrected chi connectivity index (χ3v) is 3.34. The summed E-state index contributed by atoms with van der Waals surface area (Å²) >= 11 is 0. The molecule has 1 unspecified atom stereocenters. The number of carbonyl (C=O) groups excluding carboxylic acids is 2. The minimum atomic E-state index is -0.204. The highest BCUT2D eigenvalue weighted by Gasteiger charge is 2.28. The Kier molecular flexibility index (Phi) is 4.16. The van der Waals surface area contributed by atoms with Crippen LogP contribution in [0.3, 0.4) is 0 Å². The van der Waals surface area contributed by atoms with Gasteiger partial charge in [-0.3, -0.25) is 9.59 Å². The fourth-order valence-corrected chi connectivity index (χ4v) is 1.95. The van der Waals surface area contributed by atoms with E-state index in [1.807, 2.05) is 0 Å². The van der Waals surface area contributed by atoms with Crippen LogP contribution < -0.4 is 16.4 Å². The number of benzene rings is 1. The van der Waals surface area contributed by atoms with E-state index >= 15 is 0 Å². The lowest BCUT2D eigenvalue weighted by molar-refractivity contribution is 0.0950. The molecule has 4 N–H and O–H groups in total. The lowest BCUT2D eigenvalue weighted by Gasteiger charge is -2.11. The molecular formula is C14H19N3O2. The summed E-state index contributed by atoms with van der Waals surface area (Å²) in [5.41, 5.74) is 6.88. The van der Waals surface area contributed by atoms with Crippen molar-refractivity contribution in [1.82, 2.24) is 10.6 Å². The summed E-state index contributed by atoms with van der Waals surface area (Å²) in [5, 5.41) is 5.34. The molecule has 0 heterocycles. The van der Waals surface area contributed by atoms with Gasteiger partial charge in [-0.1, -0.05) is 6.07 Å². The smallest absolute Gasteiger partial charge is 0.251 e. The molecule has 5 heteroatoms. The van der Waals surface area contributed by atoms with Crippen molar-refractivity contribution < 1.29 is 9.59 Å². The van der Waals surface area contributed by atoms with Gasteiger partial charge in [-0.25, -0.2) is 0 Å². The Labute approximate surface area is 112 Å². The van der Waals surface area contributed by atoms with Gasteiger partial charge in [-0.15, -0.1) is 0 Å². The first-order valence-corrected chi connectivity index (χ1v) is 6.47. The molecule has 0 bridgehead atoms. The summed E-state index contributed by atoms with van der Waals surface area (Å²) in [5.74, 6) is 0.156. The molecule has 0 saturated heterocycles. The van der Waals surface area contributed by atoms with Crippen LogP contribution in [0.15, 0.2) is 24.3 Å². The molecule has 19 heavy (non-hydrogen) atoms. The predicted octanol–water partition coefficient (Wildman–Crippen LogP) is 0.513. The molecule has 2 amide bonds. The molecule has 1 aliphatic rings. The van der Waals surface area contributed by atoms with Crippen molar-refractivity contribution in [2.24, 2.45) is 11.7 Å². The minimum absolute atomic E-state index is 0.0334. The summed E-state index contributed by atoms with van der Waals surface area (Å²) in [6, 6.07) is 6.67. The number of rotatable bonds is 5. The minimum Gasteiger partial charge on any atom is -0.355 e. The first-order valence-electron chi connectivity index (χ1n) is 6.47. The molecule has 1 aliphatic carbocycles. The second-order valence-corrected chi connectivity index (χ2v) is 4.87. The zero-order valence-electron chi connectivity index (χ0n) is 11.0. The molecule has 5 nitrogen and oxygen atoms in total. The van der Waals surface area contributed by atoms with E-state index in [-0.39, 0.29) is 17.9 Å². The summed E-state index contributed by atoms with van der Waals surface area (Å²) in [6.07, 6.45) is 2.31. The number of hydrogen-bond donors (Lipinski definition) is 3. The van der Waals surface area contributed by atoms with Crippen LogP contribution in [0.1, 0.15) is 33.6 Å². The van der Waals surface area contributed by atoms with Crippen LogP contribution in [0, 0.1) is 5.92 Å². The lowest BCUT2D eigenvalue weighted by atomic mass is 10.1. The molecule has 1 aromatic rings. The molecule has 1 aromatic carbocycles. The highest BCUT2D eigenvalue weighted by Crippen LogP contribution is 2.31. The molecule has 1 saturated carbocycles. The largest absolute Gasteiger partial charge is 0.355 e. The van der Waals surface area contributed by atoms with Crippen molar-refractivity contribution in [3.8, 4) is 0 Å². The normalized spacial score (nSPS) is 15.7. The van der Waals surface area contributed by atoms with Crippen molar-refractivity contribution in [1.29, 1.82) is 0 Å². The Morgan fingerprint density at radius 3 is 2.53 bits per heavy atom. The SMILES string of the molecule is CNC(=O)c1cccc(C(=O)NCC(N)C2CC2)c1. The van der Waals surface area contributed by atoms with Crippen LogP contribution in [0.25, 0.3) is 0 Å². The average molecular weight is 261 g/mol. The molecular weight excluding hydrogens is 242 g/mol. The summed E-state index contributed by atoms with van der Waals surface area (Å²) in [4.78, 5) is 23.4. The summed E-state index contributed by atoms with van der Waals surface area (Å²) < 4.78 is 0. The van der Waals surface area contributed by atoms with E-state index in [0.29, 0.717) is 23.6 Å². The first kappa shape index (κ1) is 13.5. The second-order valence-electron chi connectivity index (χ2n) is 4.87. The summed E-state index contributed by atoms with van der Waals surface area (Å²) in [6.45, 7) is 0.480. The monoisotopic (exact) mass is 261 g/mol. The van der Waals surface area contributed by atoms with Crippen LogP contribution in [0.5, 0.6) is 0 Å². The average Bonchev–Trinajstić information content (AvgIpc) is 3.28. The Hall–Kier alpha value is -1.88. The van der Waals surface area contributed by atoms with Crippen molar-refractivity contribution in [3.63, 3.8) is 0 Å². The maximum absolute atomic E-state index is 12.0. The van der Waals surface area contributed by atoms with Gasteiger partial charge in [-0.05, 0) is 37.0 Å². The van der Waals surface area contributed by atoms with Crippen molar-refractivity contribution in [2.45, 2.75) is 18.9 Å². The fraction of sp³-hybridized carbons (Fsp3) is 0.429. The maximum atomic E-state index is 12.0. The van der Waals surface area contributed by atoms with Gasteiger partial charge < -0.3 is 16.4 Å². The number of nitrogens with one attached hydrogen (secondary N) is 2. The van der Waals surface area contributed by atoms with Crippen LogP contribution >= 0.6 is 0 Å². The molecule has 102 valence electrons. The van der Waals surface area contributed by atoms with E-state index in [0.717, 1.165) is 12.8 Å². The number of nitrogens with two attached hydrogens (primary N) is 1. The van der Waals surface area contributed by atoms with E-state index in [2.05, 4.69) is 10.6 Å². The van der Waals surface area contributed by atoms with Gasteiger partial charge in [0.05, 0.1) is 0 Å². The molecule has 0 aliphatic heterocycles. The number of carbonyl (C=O) groups is 2. The van der Waals surface area contributed by atoms with Crippen LogP contribution in [-0.2, 0) is 0 Å². The van der Waals surface area contributed by atoms with E-state index in [1.165, 1.54) is 0 Å². The molecule has 1 atom stereocenters. The molecule has 0 spiro atoms. The third kappa shape index (κ3) is 3.54. The molecule has 0 aromatic heterocycles. The summed E-state index contributed by atoms with van der Waals surface area (Å²) in [7, 11) is 1.56. The third-order valence-electron chi connectivity index (χ3n) is 3.34. The lowest BCUT2D eigenvalue weighted by Crippen LogP contribution is -2.38. The Balaban J connectivity index is 1.96. The highest BCUT2D eigenvalue weighted by atomic mass is 16.2. The van der Waals surface area contributed by atoms with Crippen molar-refractivity contribution in [3.05, 3.63) is 35.4 Å². The van der Waals surface area contributed by atoms with Gasteiger partial charge in [0.25, 0.3) is 11.8 Å². The second kappa shape index (κ2) is 5.84. The molecule has 0 radical (unpaired) electrons. The Bertz CT molecular complexity index is 483. The Morgan fingerprint density at radius 2 is 1.95 bits per heavy atom. The first-order chi connectivity index (χ1) is 9.11. The fourth-order valence-electron chi connectivity index (χ4n) is 1.95. The Morgan fingerprint density at radius 1 is 1.32 bits per heavy atom. The predicted molar refractivity (Wildman–Crippen MR) is 72.9 cm³/mol. The van der Waals surface area contributed by atoms with Crippen LogP contribution in [0.2, 0.25) is 0 Å². The molecule has 2 rings (SSSR count). The highest BCUT2D eigenvalue weighted by molar-refractivity contribution is 5.99. The van der Waals surface area contributed by atoms with E-state index in [4.69, 9.17) is 5.73 Å². The van der Waals surface area contributed by atoms with Gasteiger partial charge in [-0.2, -0.15) is 0 Å². The topological polar surface area (TPSA) is 84.2 Å². The van der Waals surface area contributed by atoms with E-state index in [9.17, 15) is 9.59 Å². The van der Waals surface area contributed by atoms with Gasteiger partial charge in [0, 0.05) is 30.8 Å². The van der Waals surface area contributed by atoms with Gasteiger partial charge in [0.1, 0.15) is 0 Å². The molecule has 1 fully saturated rings. The van der Waals surface area contributed by atoms with Crippen molar-refractivity contribution in [2.75, 3.05) is 13.6 Å². The van der Waals surface area contributed by atoms with Gasteiger partial charge in [0.15, 0.2) is 0 Å². The van der Waals surface area contributed by atoms with Crippen LogP contribution in [-0.4, -0.2) is 31.4 Å². The van der Waals surface area contributed by atoms with E-state index in [1.54, 1.807) is 31.3 Å². The van der Waals surface area contributed by atoms with E-state index < -0.39 is 0 Å². The van der Waals surface area contributed by atoms with Gasteiger partial charge >= 0.3 is 0 Å². The number of amides is 2. The van der Waals surface area contributed by atoms with Crippen molar-refractivity contribution >= 4 is 11.8 Å².